The van der Waals surface area contributed by atoms with Gasteiger partial charge in [-0.05, 0) is 37.0 Å². The lowest BCUT2D eigenvalue weighted by Crippen LogP contribution is -2.51. The number of para-hydroxylation sites is 1. The van der Waals surface area contributed by atoms with Crippen LogP contribution in [0.5, 0.6) is 0 Å². The van der Waals surface area contributed by atoms with Crippen LogP contribution >= 0.6 is 0 Å². The van der Waals surface area contributed by atoms with Gasteiger partial charge in [0.1, 0.15) is 24.1 Å². The van der Waals surface area contributed by atoms with Crippen LogP contribution < -0.4 is 5.32 Å². The van der Waals surface area contributed by atoms with Crippen LogP contribution in [0.4, 0.5) is 18.9 Å². The van der Waals surface area contributed by atoms with Crippen LogP contribution in [0.15, 0.2) is 42.5 Å². The molecule has 3 unspecified atom stereocenters. The number of nitrogens with zero attached hydrogens (tertiary/aromatic N) is 3. The van der Waals surface area contributed by atoms with Crippen molar-refractivity contribution in [1.82, 2.24) is 14.8 Å². The first-order valence-electron chi connectivity index (χ1n) is 13.8. The number of fused-ring (bicyclic) bond motifs is 1. The molecule has 1 aliphatic heterocycles. The molecule has 0 aliphatic carbocycles. The zero-order valence-corrected chi connectivity index (χ0v) is 24.7. The molecule has 0 bridgehead atoms. The second kappa shape index (κ2) is 15.6. The summed E-state index contributed by atoms with van der Waals surface area (Å²) in [6.45, 7) is 7.82. The summed E-state index contributed by atoms with van der Waals surface area (Å²) in [5.41, 5.74) is 0.923. The van der Waals surface area contributed by atoms with Crippen molar-refractivity contribution >= 4 is 34.7 Å². The molecule has 226 valence electrons. The molecule has 0 saturated carbocycles. The zero-order valence-electron chi connectivity index (χ0n) is 24.7. The Balaban J connectivity index is 0.000000525. The Labute approximate surface area is 244 Å². The predicted molar refractivity (Wildman–Crippen MR) is 156 cm³/mol. The number of H-pyrrole nitrogens is 1. The monoisotopic (exact) mass is 585 g/mol. The van der Waals surface area contributed by atoms with E-state index in [0.29, 0.717) is 6.29 Å². The number of aldehydes is 1. The molecule has 2 amide bonds. The molecule has 8 nitrogen and oxygen atoms in total. The summed E-state index contributed by atoms with van der Waals surface area (Å²) in [5, 5.41) is 12.1. The Hall–Kier alpha value is -4.33. The highest BCUT2D eigenvalue weighted by molar-refractivity contribution is 6.00. The van der Waals surface area contributed by atoms with Gasteiger partial charge in [0.25, 0.3) is 5.91 Å². The Bertz CT molecular complexity index is 1400. The normalized spacial score (nSPS) is 16.5. The van der Waals surface area contributed by atoms with Gasteiger partial charge in [-0.25, -0.2) is 13.2 Å². The Kier molecular flexibility index (Phi) is 12.6. The topological polar surface area (TPSA) is 109 Å². The molecular weight excluding hydrogens is 547 g/mol. The van der Waals surface area contributed by atoms with Crippen LogP contribution in [0.25, 0.3) is 10.9 Å². The van der Waals surface area contributed by atoms with E-state index in [9.17, 15) is 32.8 Å². The predicted octanol–water partition coefficient (Wildman–Crippen LogP) is 5.77. The van der Waals surface area contributed by atoms with E-state index in [1.54, 1.807) is 0 Å². The summed E-state index contributed by atoms with van der Waals surface area (Å²) in [6.07, 6.45) is 1.22. The quantitative estimate of drug-likeness (QED) is 0.271. The minimum Gasteiger partial charge on any atom is -0.388 e. The van der Waals surface area contributed by atoms with E-state index < -0.39 is 47.3 Å². The third kappa shape index (κ3) is 7.90. The first-order chi connectivity index (χ1) is 20.0. The van der Waals surface area contributed by atoms with Crippen LogP contribution in [0.2, 0.25) is 0 Å². The molecule has 2 N–H and O–H groups in total. The number of rotatable bonds is 7. The maximum absolute atomic E-state index is 14.1. The molecule has 42 heavy (non-hydrogen) atoms. The number of likely N-dealkylation sites (tertiary alicyclic amines) is 1. The average molecular weight is 586 g/mol. The standard InChI is InChI=1S/C22H23F3N4O3.C7H9N.C2H6/c1-11(2)4-18(22(32)29-9-12(10-30)5-13(29)8-26)28(3)21(31)17-6-14-16(27-17)7-15(23)20(25)19(14)24;1-8-7-5-3-2-4-6-7;1-2/h6-7,10-13,18,27H,4-5,9H2,1-3H3;2-6,8H,1H3;1-2H3. The first kappa shape index (κ1) is 33.9. The molecule has 3 atom stereocenters. The van der Waals surface area contributed by atoms with Crippen molar-refractivity contribution in [3.8, 4) is 6.07 Å². The molecule has 0 spiro atoms. The fraction of sp³-hybridized carbons (Fsp3) is 0.419. The summed E-state index contributed by atoms with van der Waals surface area (Å²) in [7, 11) is 3.31. The van der Waals surface area contributed by atoms with Crippen LogP contribution in [0.1, 0.15) is 51.0 Å². The van der Waals surface area contributed by atoms with Gasteiger partial charge in [0.2, 0.25) is 5.91 Å². The fourth-order valence-corrected chi connectivity index (χ4v) is 4.63. The van der Waals surface area contributed by atoms with Crippen LogP contribution in [0, 0.1) is 40.6 Å². The molecule has 1 saturated heterocycles. The molecule has 1 aliphatic rings. The Morgan fingerprint density at radius 1 is 1.17 bits per heavy atom. The van der Waals surface area contributed by atoms with E-state index in [1.807, 2.05) is 71.1 Å². The van der Waals surface area contributed by atoms with Gasteiger partial charge >= 0.3 is 0 Å². The van der Waals surface area contributed by atoms with Crippen LogP contribution in [-0.4, -0.2) is 65.6 Å². The van der Waals surface area contributed by atoms with E-state index in [0.717, 1.165) is 17.8 Å². The highest BCUT2D eigenvalue weighted by atomic mass is 19.2. The number of anilines is 1. The molecule has 2 aromatic carbocycles. The van der Waals surface area contributed by atoms with Gasteiger partial charge in [0, 0.05) is 43.7 Å². The van der Waals surface area contributed by atoms with E-state index >= 15 is 0 Å². The average Bonchev–Trinajstić information content (AvgIpc) is 3.64. The third-order valence-electron chi connectivity index (χ3n) is 6.78. The van der Waals surface area contributed by atoms with Gasteiger partial charge in [-0.1, -0.05) is 45.9 Å². The minimum absolute atomic E-state index is 0.00700. The fourth-order valence-electron chi connectivity index (χ4n) is 4.63. The van der Waals surface area contributed by atoms with Gasteiger partial charge in [0.15, 0.2) is 17.5 Å². The SMILES string of the molecule is CC.CC(C)CC(C(=O)N1CC(C=O)CC1C#N)N(C)C(=O)c1cc2c(F)c(F)c(F)cc2[nH]1.CNc1ccccc1. The number of halogens is 3. The van der Waals surface area contributed by atoms with Crippen molar-refractivity contribution in [3.05, 3.63) is 65.6 Å². The molecule has 0 radical (unpaired) electrons. The second-order valence-corrected chi connectivity index (χ2v) is 10.1. The molecule has 4 rings (SSSR count). The first-order valence-corrected chi connectivity index (χ1v) is 13.8. The smallest absolute Gasteiger partial charge is 0.270 e. The van der Waals surface area contributed by atoms with E-state index in [2.05, 4.69) is 10.3 Å². The molecule has 1 aromatic heterocycles. The highest BCUT2D eigenvalue weighted by Gasteiger charge is 2.40. The van der Waals surface area contributed by atoms with Crippen LogP contribution in [-0.2, 0) is 9.59 Å². The van der Waals surface area contributed by atoms with Gasteiger partial charge in [-0.15, -0.1) is 0 Å². The van der Waals surface area contributed by atoms with E-state index in [4.69, 9.17) is 0 Å². The number of amides is 2. The number of carbonyl (C=O) groups excluding carboxylic acids is 3. The maximum Gasteiger partial charge on any atom is 0.270 e. The summed E-state index contributed by atoms with van der Waals surface area (Å²) in [6, 6.07) is 12.2. The number of nitrogens with one attached hydrogen (secondary N) is 2. The van der Waals surface area contributed by atoms with Crippen molar-refractivity contribution in [3.63, 3.8) is 0 Å². The van der Waals surface area contributed by atoms with Crippen molar-refractivity contribution in [2.24, 2.45) is 11.8 Å². The number of nitriles is 1. The van der Waals surface area contributed by atoms with Crippen molar-refractivity contribution in [2.75, 3.05) is 26.0 Å². The number of benzene rings is 2. The summed E-state index contributed by atoms with van der Waals surface area (Å²) >= 11 is 0. The number of carbonyl (C=O) groups is 3. The lowest BCUT2D eigenvalue weighted by atomic mass is 10.0. The molecule has 3 aromatic rings. The zero-order chi connectivity index (χ0) is 31.6. The summed E-state index contributed by atoms with van der Waals surface area (Å²) < 4.78 is 41.2. The summed E-state index contributed by atoms with van der Waals surface area (Å²) in [4.78, 5) is 42.6. The Morgan fingerprint density at radius 2 is 1.81 bits per heavy atom. The van der Waals surface area contributed by atoms with Crippen molar-refractivity contribution < 1.29 is 27.6 Å². The molecular formula is C31H38F3N5O3. The van der Waals surface area contributed by atoms with Crippen LogP contribution in [0.3, 0.4) is 0 Å². The summed E-state index contributed by atoms with van der Waals surface area (Å²) in [5.74, 6) is -6.04. The number of hydrogen-bond donors (Lipinski definition) is 2. The molecule has 1 fully saturated rings. The van der Waals surface area contributed by atoms with Gasteiger partial charge in [-0.3, -0.25) is 9.59 Å². The van der Waals surface area contributed by atoms with E-state index in [-0.39, 0.29) is 41.9 Å². The second-order valence-electron chi connectivity index (χ2n) is 10.1. The number of aromatic amines is 1. The molecule has 2 heterocycles. The Morgan fingerprint density at radius 3 is 2.33 bits per heavy atom. The van der Waals surface area contributed by atoms with Gasteiger partial charge in [-0.2, -0.15) is 5.26 Å². The number of hydrogen-bond acceptors (Lipinski definition) is 5. The largest absolute Gasteiger partial charge is 0.388 e. The number of likely N-dealkylation sites (N-methyl/N-ethyl adjacent to an activating group) is 1. The third-order valence-corrected chi connectivity index (χ3v) is 6.78. The van der Waals surface area contributed by atoms with Crippen molar-refractivity contribution in [2.45, 2.75) is 52.6 Å². The highest BCUT2D eigenvalue weighted by Crippen LogP contribution is 2.27. The van der Waals surface area contributed by atoms with Gasteiger partial charge in [0.05, 0.1) is 11.6 Å². The number of aromatic nitrogens is 1. The van der Waals surface area contributed by atoms with E-state index in [1.165, 1.54) is 16.8 Å². The van der Waals surface area contributed by atoms with Crippen molar-refractivity contribution in [1.29, 1.82) is 5.26 Å². The lowest BCUT2D eigenvalue weighted by Gasteiger charge is -2.32. The minimum atomic E-state index is -1.64. The lowest BCUT2D eigenvalue weighted by molar-refractivity contribution is -0.136. The van der Waals surface area contributed by atoms with Gasteiger partial charge < -0.3 is 24.9 Å². The molecule has 11 heteroatoms. The maximum atomic E-state index is 14.1.